The topological polar surface area (TPSA) is 22.9 Å². The number of para-hydroxylation sites is 2. The van der Waals surface area contributed by atoms with E-state index in [0.717, 1.165) is 34.0 Å². The first-order valence-electron chi connectivity index (χ1n) is 25.5. The van der Waals surface area contributed by atoms with E-state index >= 15 is 0 Å². The fourth-order valence-corrected chi connectivity index (χ4v) is 14.5. The molecule has 3 aliphatic heterocycles. The first-order valence-corrected chi connectivity index (χ1v) is 26.3. The fraction of sp³-hybridized carbons (Fsp3) is 0.250. The summed E-state index contributed by atoms with van der Waals surface area (Å²) in [5.41, 5.74) is 19.6. The number of nitrogens with zero attached hydrogens (tertiary/aromatic N) is 3. The largest absolute Gasteiger partial charge is 0.456 e. The van der Waals surface area contributed by atoms with Crippen LogP contribution in [0.25, 0.3) is 42.1 Å². The maximum absolute atomic E-state index is 6.51. The molecule has 1 saturated carbocycles. The summed E-state index contributed by atoms with van der Waals surface area (Å²) in [4.78, 5) is 8.06. The lowest BCUT2D eigenvalue weighted by Gasteiger charge is -2.51. The highest BCUT2D eigenvalue weighted by Crippen LogP contribution is 2.62. The minimum atomic E-state index is -0.133. The van der Waals surface area contributed by atoms with Crippen molar-refractivity contribution in [2.75, 3.05) is 14.7 Å². The summed E-state index contributed by atoms with van der Waals surface area (Å²) in [6.45, 7) is 19.2. The quantitative estimate of drug-likeness (QED) is 0.165. The third kappa shape index (κ3) is 5.77. The Morgan fingerprint density at radius 2 is 1.06 bits per heavy atom. The predicted molar refractivity (Wildman–Crippen MR) is 301 cm³/mol. The highest BCUT2D eigenvalue weighted by Gasteiger charge is 2.58. The standard InChI is InChI=1S/C64H58BN3OS/c1-61(2,3)39-23-27-49-52(33-39)66(41-25-29-57-46(35-41)44-17-9-13-21-56(44)69-57)54-37-43(68-51-20-12-11-19-48(51)63(7)31-15-16-32-64(63,68)8)38-55-60(54)65(49)50-28-24-40(62(4,5)6)34-53(50)67(55)42-26-30-59-47(36-42)45-18-10-14-22-58(45)70-59/h9-14,17-30,33-38H,15-16,31-32H2,1-8H3. The Morgan fingerprint density at radius 1 is 0.486 bits per heavy atom. The highest BCUT2D eigenvalue weighted by atomic mass is 32.1. The molecule has 2 unspecified atom stereocenters. The SMILES string of the molecule is CC(C)(C)c1ccc2c(c1)N(c1ccc3oc4ccccc4c3c1)c1cc(N3c4ccccc4C4(C)CCCCC34C)cc3c1B2c1ccc(C(C)(C)C)cc1N3c1ccc2sc3ccccc3c2c1. The van der Waals surface area contributed by atoms with Gasteiger partial charge in [0.25, 0.3) is 6.71 Å². The van der Waals surface area contributed by atoms with Gasteiger partial charge in [-0.3, -0.25) is 0 Å². The molecule has 0 saturated heterocycles. The second-order valence-corrected chi connectivity index (χ2v) is 24.4. The van der Waals surface area contributed by atoms with Gasteiger partial charge in [-0.25, -0.2) is 0 Å². The van der Waals surface area contributed by atoms with Gasteiger partial charge in [0.05, 0.1) is 5.54 Å². The van der Waals surface area contributed by atoms with E-state index in [0.29, 0.717) is 0 Å². The Labute approximate surface area is 416 Å². The number of benzene rings is 8. The summed E-state index contributed by atoms with van der Waals surface area (Å²) >= 11 is 1.89. The predicted octanol–water partition coefficient (Wildman–Crippen LogP) is 16.4. The lowest BCUT2D eigenvalue weighted by Crippen LogP contribution is -2.61. The van der Waals surface area contributed by atoms with E-state index in [-0.39, 0.29) is 28.5 Å². The Hall–Kier alpha value is -6.76. The molecule has 1 aliphatic carbocycles. The molecule has 8 aromatic carbocycles. The van der Waals surface area contributed by atoms with E-state index in [9.17, 15) is 0 Å². The van der Waals surface area contributed by atoms with Crippen molar-refractivity contribution >= 4 is 122 Å². The summed E-state index contributed by atoms with van der Waals surface area (Å²) in [5, 5.41) is 4.89. The van der Waals surface area contributed by atoms with E-state index in [2.05, 4.69) is 228 Å². The molecule has 1 fully saturated rings. The molecular weight excluding hydrogens is 870 g/mol. The zero-order chi connectivity index (χ0) is 47.6. The van der Waals surface area contributed by atoms with Gasteiger partial charge in [-0.1, -0.05) is 140 Å². The van der Waals surface area contributed by atoms with Gasteiger partial charge in [0.2, 0.25) is 0 Å². The number of fused-ring (bicyclic) bond motifs is 13. The van der Waals surface area contributed by atoms with Gasteiger partial charge in [-0.2, -0.15) is 0 Å². The summed E-state index contributed by atoms with van der Waals surface area (Å²) in [5.74, 6) is 0. The van der Waals surface area contributed by atoms with Crippen LogP contribution in [-0.4, -0.2) is 12.3 Å². The first-order chi connectivity index (χ1) is 33.7. The Bertz CT molecular complexity index is 3640. The molecule has 70 heavy (non-hydrogen) atoms. The Kier molecular flexibility index (Phi) is 8.68. The van der Waals surface area contributed by atoms with Crippen LogP contribution in [0.15, 0.2) is 162 Å². The molecule has 2 atom stereocenters. The second-order valence-electron chi connectivity index (χ2n) is 23.3. The van der Waals surface area contributed by atoms with E-state index in [4.69, 9.17) is 4.42 Å². The number of rotatable bonds is 3. The summed E-state index contributed by atoms with van der Waals surface area (Å²) in [6, 6.07) is 60.8. The van der Waals surface area contributed by atoms with Gasteiger partial charge >= 0.3 is 0 Å². The molecule has 5 heterocycles. The van der Waals surface area contributed by atoms with Crippen molar-refractivity contribution < 1.29 is 4.42 Å². The molecule has 2 aromatic heterocycles. The molecular formula is C64H58BN3OS. The maximum atomic E-state index is 6.51. The smallest absolute Gasteiger partial charge is 0.252 e. The maximum Gasteiger partial charge on any atom is 0.252 e. The van der Waals surface area contributed by atoms with Gasteiger partial charge in [0.15, 0.2) is 0 Å². The minimum Gasteiger partial charge on any atom is -0.456 e. The highest BCUT2D eigenvalue weighted by molar-refractivity contribution is 7.25. The molecule has 4 nitrogen and oxygen atoms in total. The lowest BCUT2D eigenvalue weighted by atomic mass is 9.33. The van der Waals surface area contributed by atoms with Crippen molar-refractivity contribution in [1.82, 2.24) is 0 Å². The number of anilines is 8. The first kappa shape index (κ1) is 42.2. The van der Waals surface area contributed by atoms with E-state index < -0.39 is 0 Å². The minimum absolute atomic E-state index is 0.00226. The van der Waals surface area contributed by atoms with Gasteiger partial charge in [-0.05, 0) is 143 Å². The molecule has 0 radical (unpaired) electrons. The van der Waals surface area contributed by atoms with Crippen LogP contribution in [0.1, 0.15) is 97.8 Å². The van der Waals surface area contributed by atoms with Gasteiger partial charge < -0.3 is 19.1 Å². The van der Waals surface area contributed by atoms with Crippen LogP contribution in [0, 0.1) is 0 Å². The number of hydrogen-bond donors (Lipinski definition) is 0. The average Bonchev–Trinajstić information content (AvgIpc) is 3.98. The molecule has 14 rings (SSSR count). The summed E-state index contributed by atoms with van der Waals surface area (Å²) in [6.07, 6.45) is 4.77. The zero-order valence-corrected chi connectivity index (χ0v) is 42.4. The molecule has 10 aromatic rings. The molecule has 6 heteroatoms. The molecule has 0 N–H and O–H groups in total. The third-order valence-electron chi connectivity index (χ3n) is 17.3. The number of furan rings is 1. The van der Waals surface area contributed by atoms with Gasteiger partial charge in [0, 0.05) is 81.9 Å². The van der Waals surface area contributed by atoms with Crippen molar-refractivity contribution in [3.8, 4) is 0 Å². The molecule has 0 spiro atoms. The van der Waals surface area contributed by atoms with E-state index in [1.54, 1.807) is 0 Å². The second kappa shape index (κ2) is 14.4. The lowest BCUT2D eigenvalue weighted by molar-refractivity contribution is 0.195. The molecule has 344 valence electrons. The van der Waals surface area contributed by atoms with Crippen LogP contribution in [0.3, 0.4) is 0 Å². The van der Waals surface area contributed by atoms with Crippen LogP contribution >= 0.6 is 11.3 Å². The fourth-order valence-electron chi connectivity index (χ4n) is 13.4. The Balaban J connectivity index is 1.13. The van der Waals surface area contributed by atoms with Crippen LogP contribution in [0.4, 0.5) is 45.5 Å². The van der Waals surface area contributed by atoms with Crippen LogP contribution in [0.5, 0.6) is 0 Å². The third-order valence-corrected chi connectivity index (χ3v) is 18.4. The number of thiophene rings is 1. The van der Waals surface area contributed by atoms with Crippen LogP contribution in [0.2, 0.25) is 0 Å². The van der Waals surface area contributed by atoms with Crippen molar-refractivity contribution in [2.24, 2.45) is 0 Å². The van der Waals surface area contributed by atoms with Crippen molar-refractivity contribution in [2.45, 2.75) is 103 Å². The van der Waals surface area contributed by atoms with Crippen LogP contribution < -0.4 is 31.1 Å². The van der Waals surface area contributed by atoms with Gasteiger partial charge in [-0.15, -0.1) is 11.3 Å². The zero-order valence-electron chi connectivity index (χ0n) is 41.6. The van der Waals surface area contributed by atoms with Crippen molar-refractivity contribution in [1.29, 1.82) is 0 Å². The molecule has 4 aliphatic rings. The summed E-state index contributed by atoms with van der Waals surface area (Å²) < 4.78 is 9.14. The summed E-state index contributed by atoms with van der Waals surface area (Å²) in [7, 11) is 0. The van der Waals surface area contributed by atoms with E-state index in [1.807, 2.05) is 11.3 Å². The van der Waals surface area contributed by atoms with Crippen LogP contribution in [-0.2, 0) is 16.2 Å². The molecule has 0 bridgehead atoms. The number of hydrogen-bond acceptors (Lipinski definition) is 5. The van der Waals surface area contributed by atoms with Crippen molar-refractivity contribution in [3.63, 3.8) is 0 Å². The normalized spacial score (nSPS) is 19.5. The Morgan fingerprint density at radius 3 is 1.76 bits per heavy atom. The van der Waals surface area contributed by atoms with E-state index in [1.165, 1.54) is 112 Å². The van der Waals surface area contributed by atoms with Crippen molar-refractivity contribution in [3.05, 3.63) is 174 Å². The average molecular weight is 928 g/mol. The molecule has 0 amide bonds. The monoisotopic (exact) mass is 927 g/mol. The van der Waals surface area contributed by atoms with Gasteiger partial charge in [0.1, 0.15) is 11.2 Å².